The average Bonchev–Trinajstić information content (AvgIpc) is 3.32. The molecule has 26 atom stereocenters. The molecule has 32 nitrogen and oxygen atoms in total. The summed E-state index contributed by atoms with van der Waals surface area (Å²) in [4.78, 5) is 38.4. The lowest BCUT2D eigenvalue weighted by atomic mass is 9.88. The van der Waals surface area contributed by atoms with Crippen molar-refractivity contribution in [2.45, 2.75) is 172 Å². The van der Waals surface area contributed by atoms with Gasteiger partial charge in [-0.1, -0.05) is 0 Å². The SMILES string of the molecule is CC(=O)N[C@H]1[C@H](O[C@@H]2[C@H](O[C@]3(C(=O)O)C[C@H](O)[C@@H](NC(=O)CO)[C@H]([C@H](O)[C@H](O)CO)O3)[C@@H](O)[C@H](O[C@H]3[C@H](O)[C@@H](O)C(O)O[C@@H]3CO)O[C@@H]2CO)O[C@H](CO)[C@H](O)[C@@H]1O[C@@H]1O[C@H](CO)[C@H](O)[C@H](O)[C@H]1O. The largest absolute Gasteiger partial charge is 0.477 e. The Labute approximate surface area is 389 Å². The number of nitrogens with one attached hydrogen (secondary N) is 2. The molecule has 0 saturated carbocycles. The van der Waals surface area contributed by atoms with Crippen molar-refractivity contribution in [2.24, 2.45) is 0 Å². The number of carboxylic acid groups (broad SMARTS) is 1. The van der Waals surface area contributed by atoms with Gasteiger partial charge in [-0.2, -0.15) is 0 Å². The third kappa shape index (κ3) is 12.3. The number of carboxylic acids is 1. The number of rotatable bonds is 19. The number of hydrogen-bond acceptors (Lipinski definition) is 29. The predicted molar refractivity (Wildman–Crippen MR) is 208 cm³/mol. The first-order valence-electron chi connectivity index (χ1n) is 21.4. The van der Waals surface area contributed by atoms with E-state index in [0.29, 0.717) is 0 Å². The molecule has 0 bridgehead atoms. The second kappa shape index (κ2) is 24.4. The van der Waals surface area contributed by atoms with E-state index in [-0.39, 0.29) is 0 Å². The molecule has 0 aromatic carbocycles. The van der Waals surface area contributed by atoms with Crippen LogP contribution in [0.25, 0.3) is 0 Å². The van der Waals surface area contributed by atoms with Crippen LogP contribution in [-0.4, -0.2) is 308 Å². The molecule has 0 radical (unpaired) electrons. The third-order valence-electron chi connectivity index (χ3n) is 12.2. The zero-order valence-corrected chi connectivity index (χ0v) is 36.3. The molecule has 0 spiro atoms. The van der Waals surface area contributed by atoms with Gasteiger partial charge in [0.15, 0.2) is 25.2 Å². The summed E-state index contributed by atoms with van der Waals surface area (Å²) in [5, 5.41) is 194. The van der Waals surface area contributed by atoms with Gasteiger partial charge in [-0.3, -0.25) is 9.59 Å². The summed E-state index contributed by atoms with van der Waals surface area (Å²) in [6.07, 6.45) is -49.3. The van der Waals surface area contributed by atoms with Crippen LogP contribution in [0.5, 0.6) is 0 Å². The highest BCUT2D eigenvalue weighted by molar-refractivity contribution is 5.78. The van der Waals surface area contributed by atoms with E-state index in [4.69, 9.17) is 42.6 Å². The molecule has 400 valence electrons. The van der Waals surface area contributed by atoms with E-state index in [9.17, 15) is 106 Å². The minimum absolute atomic E-state index is 0.930. The summed E-state index contributed by atoms with van der Waals surface area (Å²) in [5.41, 5.74) is 0. The maximum atomic E-state index is 13.4. The monoisotopic (exact) mass is 1010 g/mol. The van der Waals surface area contributed by atoms with Crippen LogP contribution in [0, 0.1) is 0 Å². The van der Waals surface area contributed by atoms with E-state index in [0.717, 1.165) is 6.92 Å². The van der Waals surface area contributed by atoms with E-state index in [1.165, 1.54) is 0 Å². The van der Waals surface area contributed by atoms with Gasteiger partial charge < -0.3 is 145 Å². The first-order valence-corrected chi connectivity index (χ1v) is 21.4. The van der Waals surface area contributed by atoms with Crippen molar-refractivity contribution in [3.05, 3.63) is 0 Å². The van der Waals surface area contributed by atoms with E-state index in [1.807, 2.05) is 0 Å². The minimum Gasteiger partial charge on any atom is -0.477 e. The number of hydrogen-bond donors (Lipinski definition) is 20. The molecule has 2 amide bonds. The van der Waals surface area contributed by atoms with Gasteiger partial charge >= 0.3 is 5.97 Å². The first kappa shape index (κ1) is 57.3. The lowest BCUT2D eigenvalue weighted by Crippen LogP contribution is -2.72. The Hall–Kier alpha value is -2.63. The van der Waals surface area contributed by atoms with Crippen LogP contribution in [0.15, 0.2) is 0 Å². The fraction of sp³-hybridized carbons (Fsp3) is 0.919. The Balaban J connectivity index is 1.61. The van der Waals surface area contributed by atoms with Crippen molar-refractivity contribution in [1.29, 1.82) is 0 Å². The van der Waals surface area contributed by atoms with E-state index >= 15 is 0 Å². The van der Waals surface area contributed by atoms with E-state index < -0.39 is 223 Å². The quantitative estimate of drug-likeness (QED) is 0.0571. The predicted octanol–water partition coefficient (Wildman–Crippen LogP) is -13.5. The van der Waals surface area contributed by atoms with E-state index in [2.05, 4.69) is 10.6 Å². The topological polar surface area (TPSA) is 522 Å². The lowest BCUT2D eigenvalue weighted by Gasteiger charge is -2.52. The first-order chi connectivity index (χ1) is 32.5. The van der Waals surface area contributed by atoms with Crippen LogP contribution in [0.3, 0.4) is 0 Å². The summed E-state index contributed by atoms with van der Waals surface area (Å²) >= 11 is 0. The van der Waals surface area contributed by atoms with Crippen molar-refractivity contribution in [3.8, 4) is 0 Å². The fourth-order valence-electron chi connectivity index (χ4n) is 8.53. The number of carbonyl (C=O) groups excluding carboxylic acids is 2. The Bertz CT molecular complexity index is 1670. The normalized spacial score (nSPS) is 46.1. The maximum absolute atomic E-state index is 13.4. The molecular formula is C37H62N2O30. The molecule has 5 aliphatic rings. The van der Waals surface area contributed by atoms with Gasteiger partial charge in [0.2, 0.25) is 11.8 Å². The van der Waals surface area contributed by atoms with Crippen LogP contribution in [-0.2, 0) is 57.0 Å². The number of ether oxygens (including phenoxy) is 9. The Kier molecular flexibility index (Phi) is 20.2. The highest BCUT2D eigenvalue weighted by Gasteiger charge is 2.62. The van der Waals surface area contributed by atoms with Gasteiger partial charge in [0.25, 0.3) is 5.79 Å². The van der Waals surface area contributed by atoms with Crippen molar-refractivity contribution in [3.63, 3.8) is 0 Å². The van der Waals surface area contributed by atoms with Crippen LogP contribution >= 0.6 is 0 Å². The van der Waals surface area contributed by atoms with Crippen molar-refractivity contribution >= 4 is 17.8 Å². The van der Waals surface area contributed by atoms with Gasteiger partial charge in [0.1, 0.15) is 123 Å². The molecule has 5 saturated heterocycles. The minimum atomic E-state index is -3.39. The molecule has 32 heteroatoms. The van der Waals surface area contributed by atoms with Crippen LogP contribution in [0.1, 0.15) is 13.3 Å². The maximum Gasteiger partial charge on any atom is 0.364 e. The molecule has 20 N–H and O–H groups in total. The van der Waals surface area contributed by atoms with Crippen molar-refractivity contribution in [2.75, 3.05) is 39.6 Å². The van der Waals surface area contributed by atoms with Gasteiger partial charge in [0, 0.05) is 13.3 Å². The number of aliphatic hydroxyl groups is 17. The molecule has 0 aromatic heterocycles. The smallest absolute Gasteiger partial charge is 0.364 e. The number of amides is 2. The number of carbonyl (C=O) groups is 3. The molecule has 0 aromatic rings. The van der Waals surface area contributed by atoms with Gasteiger partial charge in [-0.25, -0.2) is 4.79 Å². The lowest BCUT2D eigenvalue weighted by molar-refractivity contribution is -0.402. The van der Waals surface area contributed by atoms with Crippen LogP contribution in [0.2, 0.25) is 0 Å². The summed E-state index contributed by atoms with van der Waals surface area (Å²) in [6, 6.07) is -3.77. The highest BCUT2D eigenvalue weighted by atomic mass is 16.8. The fourth-order valence-corrected chi connectivity index (χ4v) is 8.53. The van der Waals surface area contributed by atoms with E-state index in [1.54, 1.807) is 0 Å². The van der Waals surface area contributed by atoms with Gasteiger partial charge in [-0.05, 0) is 0 Å². The summed E-state index contributed by atoms with van der Waals surface area (Å²) in [7, 11) is 0. The third-order valence-corrected chi connectivity index (χ3v) is 12.2. The molecule has 0 aliphatic carbocycles. The van der Waals surface area contributed by atoms with Crippen molar-refractivity contribution < 1.29 is 149 Å². The summed E-state index contributed by atoms with van der Waals surface area (Å²) in [5.74, 6) is -7.72. The number of aliphatic hydroxyl groups excluding tert-OH is 17. The average molecular weight is 1010 g/mol. The summed E-state index contributed by atoms with van der Waals surface area (Å²) in [6.45, 7) is -5.79. The zero-order valence-electron chi connectivity index (χ0n) is 36.3. The molecule has 5 aliphatic heterocycles. The molecular weight excluding hydrogens is 952 g/mol. The second-order valence-corrected chi connectivity index (χ2v) is 16.9. The van der Waals surface area contributed by atoms with Crippen molar-refractivity contribution in [1.82, 2.24) is 10.6 Å². The molecule has 69 heavy (non-hydrogen) atoms. The zero-order chi connectivity index (χ0) is 51.4. The molecule has 1 unspecified atom stereocenters. The molecule has 5 fully saturated rings. The Morgan fingerprint density at radius 1 is 0.594 bits per heavy atom. The van der Waals surface area contributed by atoms with Crippen LogP contribution < -0.4 is 10.6 Å². The number of aliphatic carboxylic acids is 1. The highest BCUT2D eigenvalue weighted by Crippen LogP contribution is 2.40. The Morgan fingerprint density at radius 2 is 1.13 bits per heavy atom. The van der Waals surface area contributed by atoms with Gasteiger partial charge in [-0.15, -0.1) is 0 Å². The Morgan fingerprint density at radius 3 is 1.70 bits per heavy atom. The standard InChI is InChI=1S/C37H62N2O30/c1-9(46)38-18-29(67-34-25(56)22(53)20(51)12(4-41)63-34)21(52)13(5-42)62-33(18)66-28-15(7-44)64-35(65-27-14(6-43)61-32(58)24(55)23(27)54)26(57)31(28)69-37(36(59)60)2-10(47)17(39-16(49)8-45)30(68-37)19(50)11(48)3-40/h10-15,17-35,40-45,47-48,50-58H,2-8H2,1H3,(H,38,46)(H,39,49)(H,59,60)/t10-,11+,12+,13+,14+,15+,17+,18+,19+,20-,21-,22-,23+,24+,25+,26+,27+,28-,29+,30+,31+,32?,33-,34-,35-,37-/m0/s1. The second-order valence-electron chi connectivity index (χ2n) is 16.9. The molecule has 5 heterocycles. The van der Waals surface area contributed by atoms with Gasteiger partial charge in [0.05, 0.1) is 45.2 Å². The summed E-state index contributed by atoms with van der Waals surface area (Å²) < 4.78 is 51.5. The van der Waals surface area contributed by atoms with Crippen LogP contribution in [0.4, 0.5) is 0 Å². The molecule has 5 rings (SSSR count).